The van der Waals surface area contributed by atoms with Crippen LogP contribution < -0.4 is 10.6 Å². The van der Waals surface area contributed by atoms with Crippen molar-refractivity contribution >= 4 is 5.91 Å². The lowest BCUT2D eigenvalue weighted by molar-refractivity contribution is -0.135. The molecule has 1 unspecified atom stereocenters. The van der Waals surface area contributed by atoms with Gasteiger partial charge in [0.1, 0.15) is 0 Å². The van der Waals surface area contributed by atoms with E-state index in [2.05, 4.69) is 15.5 Å². The molecule has 0 radical (unpaired) electrons. The number of amides is 1. The Bertz CT molecular complexity index is 259. The molecule has 0 aromatic rings. The summed E-state index contributed by atoms with van der Waals surface area (Å²) in [5.41, 5.74) is -0.338. The number of nitrogens with one attached hydrogen (secondary N) is 2. The predicted octanol–water partition coefficient (Wildman–Crippen LogP) is 0.196. The second-order valence-corrected chi connectivity index (χ2v) is 5.47. The summed E-state index contributed by atoms with van der Waals surface area (Å²) in [6, 6.07) is 0. The lowest BCUT2D eigenvalue weighted by Crippen LogP contribution is -2.63. The molecule has 4 heteroatoms. The molecular formula is C12H23N3O. The number of hydrogen-bond donors (Lipinski definition) is 2. The first-order valence-corrected chi connectivity index (χ1v) is 6.35. The molecule has 0 aliphatic carbocycles. The minimum atomic E-state index is -0.338. The Morgan fingerprint density at radius 2 is 2.25 bits per heavy atom. The molecule has 1 amide bonds. The number of piperazine rings is 1. The third-order valence-electron chi connectivity index (χ3n) is 3.89. The van der Waals surface area contributed by atoms with Gasteiger partial charge in [-0.3, -0.25) is 9.69 Å². The molecule has 16 heavy (non-hydrogen) atoms. The first-order chi connectivity index (χ1) is 7.60. The van der Waals surface area contributed by atoms with Crippen molar-refractivity contribution in [3.63, 3.8) is 0 Å². The van der Waals surface area contributed by atoms with Crippen LogP contribution >= 0.6 is 0 Å². The van der Waals surface area contributed by atoms with E-state index in [-0.39, 0.29) is 11.4 Å². The van der Waals surface area contributed by atoms with Crippen molar-refractivity contribution in [3.05, 3.63) is 0 Å². The Morgan fingerprint density at radius 3 is 2.94 bits per heavy atom. The largest absolute Gasteiger partial charge is 0.353 e. The lowest BCUT2D eigenvalue weighted by Gasteiger charge is -2.43. The highest BCUT2D eigenvalue weighted by Crippen LogP contribution is 2.21. The van der Waals surface area contributed by atoms with Crippen LogP contribution in [0.15, 0.2) is 0 Å². The molecule has 92 valence electrons. The van der Waals surface area contributed by atoms with Crippen molar-refractivity contribution in [2.24, 2.45) is 5.92 Å². The fraction of sp³-hybridized carbons (Fsp3) is 0.917. The normalized spacial score (nSPS) is 31.1. The Balaban J connectivity index is 1.94. The zero-order chi connectivity index (χ0) is 11.6. The number of hydrogen-bond acceptors (Lipinski definition) is 3. The third-order valence-corrected chi connectivity index (χ3v) is 3.89. The number of carbonyl (C=O) groups excluding carboxylic acids is 1. The number of nitrogens with zero attached hydrogens (tertiary/aromatic N) is 1. The molecule has 2 heterocycles. The first-order valence-electron chi connectivity index (χ1n) is 6.35. The van der Waals surface area contributed by atoms with Crippen LogP contribution in [0.3, 0.4) is 0 Å². The standard InChI is InChI=1S/C12H23N3O/c1-12(2)11(16)14-6-7-15(12)9-10-4-3-5-13-8-10/h10,13H,3-9H2,1-2H3,(H,14,16). The van der Waals surface area contributed by atoms with Gasteiger partial charge in [0.05, 0.1) is 5.54 Å². The molecule has 0 aromatic heterocycles. The quantitative estimate of drug-likeness (QED) is 0.705. The second kappa shape index (κ2) is 4.72. The zero-order valence-corrected chi connectivity index (χ0v) is 10.4. The van der Waals surface area contributed by atoms with Crippen molar-refractivity contribution in [2.45, 2.75) is 32.2 Å². The topological polar surface area (TPSA) is 44.4 Å². The molecule has 0 saturated carbocycles. The highest BCUT2D eigenvalue weighted by Gasteiger charge is 2.38. The summed E-state index contributed by atoms with van der Waals surface area (Å²) in [5.74, 6) is 0.876. The smallest absolute Gasteiger partial charge is 0.239 e. The van der Waals surface area contributed by atoms with Gasteiger partial charge in [-0.25, -0.2) is 0 Å². The van der Waals surface area contributed by atoms with Gasteiger partial charge in [0.15, 0.2) is 0 Å². The van der Waals surface area contributed by atoms with Gasteiger partial charge in [-0.15, -0.1) is 0 Å². The molecule has 2 aliphatic heterocycles. The molecule has 2 N–H and O–H groups in total. The summed E-state index contributed by atoms with van der Waals surface area (Å²) in [6.07, 6.45) is 2.56. The van der Waals surface area contributed by atoms with Gasteiger partial charge in [0, 0.05) is 19.6 Å². The summed E-state index contributed by atoms with van der Waals surface area (Å²) in [5, 5.41) is 6.38. The Labute approximate surface area is 97.8 Å². The van der Waals surface area contributed by atoms with Crippen LogP contribution in [0, 0.1) is 5.92 Å². The van der Waals surface area contributed by atoms with Gasteiger partial charge in [0.25, 0.3) is 0 Å². The fourth-order valence-electron chi connectivity index (χ4n) is 2.65. The SMILES string of the molecule is CC1(C)C(=O)NCCN1CC1CCCNC1. The van der Waals surface area contributed by atoms with E-state index in [1.807, 2.05) is 13.8 Å². The molecule has 2 fully saturated rings. The Kier molecular flexibility index (Phi) is 3.50. The van der Waals surface area contributed by atoms with E-state index in [0.29, 0.717) is 5.92 Å². The van der Waals surface area contributed by atoms with E-state index in [4.69, 9.17) is 0 Å². The van der Waals surface area contributed by atoms with Gasteiger partial charge in [-0.1, -0.05) is 0 Å². The highest BCUT2D eigenvalue weighted by atomic mass is 16.2. The van der Waals surface area contributed by atoms with E-state index in [9.17, 15) is 4.79 Å². The van der Waals surface area contributed by atoms with Crippen LogP contribution in [0.1, 0.15) is 26.7 Å². The summed E-state index contributed by atoms with van der Waals surface area (Å²) < 4.78 is 0. The molecule has 1 atom stereocenters. The van der Waals surface area contributed by atoms with Crippen LogP contribution in [-0.2, 0) is 4.79 Å². The van der Waals surface area contributed by atoms with Gasteiger partial charge in [-0.2, -0.15) is 0 Å². The maximum atomic E-state index is 11.8. The average molecular weight is 225 g/mol. The molecule has 0 aromatic carbocycles. The summed E-state index contributed by atoms with van der Waals surface area (Å²) in [6.45, 7) is 9.13. The fourth-order valence-corrected chi connectivity index (χ4v) is 2.65. The third kappa shape index (κ3) is 2.38. The summed E-state index contributed by atoms with van der Waals surface area (Å²) in [7, 11) is 0. The molecule has 2 rings (SSSR count). The van der Waals surface area contributed by atoms with Crippen molar-refractivity contribution in [2.75, 3.05) is 32.7 Å². The van der Waals surface area contributed by atoms with E-state index in [1.165, 1.54) is 12.8 Å². The molecule has 0 bridgehead atoms. The maximum Gasteiger partial charge on any atom is 0.239 e. The van der Waals surface area contributed by atoms with Gasteiger partial charge < -0.3 is 10.6 Å². The number of piperidine rings is 1. The lowest BCUT2D eigenvalue weighted by atomic mass is 9.93. The van der Waals surface area contributed by atoms with E-state index in [1.54, 1.807) is 0 Å². The van der Waals surface area contributed by atoms with Crippen LogP contribution in [0.5, 0.6) is 0 Å². The molecule has 0 spiro atoms. The minimum Gasteiger partial charge on any atom is -0.353 e. The average Bonchev–Trinajstić information content (AvgIpc) is 2.27. The number of rotatable bonds is 2. The first kappa shape index (κ1) is 11.9. The van der Waals surface area contributed by atoms with E-state index in [0.717, 1.165) is 32.7 Å². The number of carbonyl (C=O) groups is 1. The van der Waals surface area contributed by atoms with Crippen molar-refractivity contribution in [1.82, 2.24) is 15.5 Å². The Morgan fingerprint density at radius 1 is 1.44 bits per heavy atom. The molecular weight excluding hydrogens is 202 g/mol. The second-order valence-electron chi connectivity index (χ2n) is 5.47. The van der Waals surface area contributed by atoms with E-state index >= 15 is 0 Å². The maximum absolute atomic E-state index is 11.8. The summed E-state index contributed by atoms with van der Waals surface area (Å²) in [4.78, 5) is 14.1. The predicted molar refractivity (Wildman–Crippen MR) is 64.3 cm³/mol. The van der Waals surface area contributed by atoms with E-state index < -0.39 is 0 Å². The zero-order valence-electron chi connectivity index (χ0n) is 10.4. The van der Waals surface area contributed by atoms with Gasteiger partial charge >= 0.3 is 0 Å². The van der Waals surface area contributed by atoms with Crippen LogP contribution in [0.4, 0.5) is 0 Å². The monoisotopic (exact) mass is 225 g/mol. The van der Waals surface area contributed by atoms with Crippen LogP contribution in [-0.4, -0.2) is 49.1 Å². The Hall–Kier alpha value is -0.610. The van der Waals surface area contributed by atoms with Gasteiger partial charge in [-0.05, 0) is 45.7 Å². The van der Waals surface area contributed by atoms with Crippen LogP contribution in [0.2, 0.25) is 0 Å². The minimum absolute atomic E-state index is 0.169. The molecule has 2 aliphatic rings. The van der Waals surface area contributed by atoms with Crippen LogP contribution in [0.25, 0.3) is 0 Å². The van der Waals surface area contributed by atoms with Crippen molar-refractivity contribution < 1.29 is 4.79 Å². The molecule has 2 saturated heterocycles. The summed E-state index contributed by atoms with van der Waals surface area (Å²) >= 11 is 0. The van der Waals surface area contributed by atoms with Gasteiger partial charge in [0.2, 0.25) is 5.91 Å². The molecule has 4 nitrogen and oxygen atoms in total. The van der Waals surface area contributed by atoms with Crippen molar-refractivity contribution in [1.29, 1.82) is 0 Å². The van der Waals surface area contributed by atoms with Crippen molar-refractivity contribution in [3.8, 4) is 0 Å². The highest BCUT2D eigenvalue weighted by molar-refractivity contribution is 5.86.